The SMILES string of the molecule is C[C@H](NC(=O)CN=[N+]=[N-])C(=O)N[C@@H](C)C(=O)Nc1ccc(CO)c(C(=O)NCCN)c1. The molecule has 2 atom stereocenters. The molecule has 13 heteroatoms. The molecule has 0 fully saturated rings. The average Bonchev–Trinajstić information content (AvgIpc) is 2.75. The van der Waals surface area contributed by atoms with Crippen molar-refractivity contribution in [1.29, 1.82) is 0 Å². The van der Waals surface area contributed by atoms with Crippen molar-refractivity contribution in [3.05, 3.63) is 39.8 Å². The third kappa shape index (κ3) is 8.30. The molecule has 0 heterocycles. The molecule has 0 aliphatic rings. The van der Waals surface area contributed by atoms with Gasteiger partial charge in [0.05, 0.1) is 6.61 Å². The molecule has 31 heavy (non-hydrogen) atoms. The van der Waals surface area contributed by atoms with Gasteiger partial charge in [-0.1, -0.05) is 11.2 Å². The first-order valence-corrected chi connectivity index (χ1v) is 9.37. The van der Waals surface area contributed by atoms with Gasteiger partial charge in [0.15, 0.2) is 0 Å². The van der Waals surface area contributed by atoms with Crippen LogP contribution in [0, 0.1) is 0 Å². The lowest BCUT2D eigenvalue weighted by Gasteiger charge is -2.18. The summed E-state index contributed by atoms with van der Waals surface area (Å²) in [7, 11) is 0. The van der Waals surface area contributed by atoms with Crippen LogP contribution in [-0.4, -0.2) is 60.5 Å². The van der Waals surface area contributed by atoms with Gasteiger partial charge in [0.25, 0.3) is 5.91 Å². The van der Waals surface area contributed by atoms with Gasteiger partial charge in [-0.25, -0.2) is 0 Å². The van der Waals surface area contributed by atoms with Crippen LogP contribution in [0.25, 0.3) is 10.4 Å². The molecule has 0 spiro atoms. The van der Waals surface area contributed by atoms with E-state index in [1.54, 1.807) is 0 Å². The van der Waals surface area contributed by atoms with E-state index in [4.69, 9.17) is 11.3 Å². The second-order valence-electron chi connectivity index (χ2n) is 6.47. The van der Waals surface area contributed by atoms with Gasteiger partial charge in [0.2, 0.25) is 17.7 Å². The van der Waals surface area contributed by atoms with Crippen LogP contribution in [0.15, 0.2) is 23.3 Å². The predicted octanol–water partition coefficient (Wildman–Crippen LogP) is -0.874. The molecular formula is C18H26N8O5. The molecule has 1 aromatic carbocycles. The first-order chi connectivity index (χ1) is 14.7. The molecule has 13 nitrogen and oxygen atoms in total. The first kappa shape index (κ1) is 25.4. The van der Waals surface area contributed by atoms with Crippen molar-refractivity contribution in [2.24, 2.45) is 10.8 Å². The number of anilines is 1. The topological polar surface area (TPSA) is 211 Å². The monoisotopic (exact) mass is 434 g/mol. The fraction of sp³-hybridized carbons (Fsp3) is 0.444. The molecule has 4 amide bonds. The summed E-state index contributed by atoms with van der Waals surface area (Å²) < 4.78 is 0. The Labute approximate surface area is 178 Å². The lowest BCUT2D eigenvalue weighted by Crippen LogP contribution is -2.50. The van der Waals surface area contributed by atoms with Crippen molar-refractivity contribution in [3.8, 4) is 0 Å². The molecule has 0 aromatic heterocycles. The smallest absolute Gasteiger partial charge is 0.251 e. The largest absolute Gasteiger partial charge is 0.392 e. The molecule has 7 N–H and O–H groups in total. The van der Waals surface area contributed by atoms with Gasteiger partial charge in [0, 0.05) is 29.3 Å². The Morgan fingerprint density at radius 2 is 1.84 bits per heavy atom. The van der Waals surface area contributed by atoms with Crippen LogP contribution >= 0.6 is 0 Å². The lowest BCUT2D eigenvalue weighted by molar-refractivity contribution is -0.130. The maximum absolute atomic E-state index is 12.4. The van der Waals surface area contributed by atoms with Crippen LogP contribution in [0.4, 0.5) is 5.69 Å². The van der Waals surface area contributed by atoms with E-state index in [1.807, 2.05) is 0 Å². The summed E-state index contributed by atoms with van der Waals surface area (Å²) in [5.41, 5.74) is 14.4. The number of nitrogens with two attached hydrogens (primary N) is 1. The maximum Gasteiger partial charge on any atom is 0.251 e. The molecule has 0 saturated heterocycles. The Morgan fingerprint density at radius 1 is 1.16 bits per heavy atom. The fourth-order valence-electron chi connectivity index (χ4n) is 2.39. The zero-order chi connectivity index (χ0) is 23.4. The van der Waals surface area contributed by atoms with E-state index in [-0.39, 0.29) is 30.9 Å². The van der Waals surface area contributed by atoms with E-state index >= 15 is 0 Å². The number of aliphatic hydroxyl groups excluding tert-OH is 1. The molecule has 0 aliphatic carbocycles. The first-order valence-electron chi connectivity index (χ1n) is 9.37. The summed E-state index contributed by atoms with van der Waals surface area (Å²) in [4.78, 5) is 50.7. The van der Waals surface area contributed by atoms with Crippen molar-refractivity contribution >= 4 is 29.3 Å². The van der Waals surface area contributed by atoms with Gasteiger partial charge in [-0.15, -0.1) is 0 Å². The van der Waals surface area contributed by atoms with Crippen LogP contribution in [0.3, 0.4) is 0 Å². The molecule has 0 aliphatic heterocycles. The Bertz CT molecular complexity index is 869. The number of azide groups is 1. The molecule has 0 bridgehead atoms. The summed E-state index contributed by atoms with van der Waals surface area (Å²) in [6.45, 7) is 2.54. The number of benzene rings is 1. The van der Waals surface area contributed by atoms with E-state index in [2.05, 4.69) is 31.3 Å². The number of carbonyl (C=O) groups excluding carboxylic acids is 4. The Kier molecular flexibility index (Phi) is 10.5. The van der Waals surface area contributed by atoms with Crippen molar-refractivity contribution in [2.45, 2.75) is 32.5 Å². The Morgan fingerprint density at radius 3 is 2.45 bits per heavy atom. The van der Waals surface area contributed by atoms with Gasteiger partial charge < -0.3 is 32.1 Å². The highest BCUT2D eigenvalue weighted by Gasteiger charge is 2.21. The highest BCUT2D eigenvalue weighted by Crippen LogP contribution is 2.16. The molecule has 0 radical (unpaired) electrons. The van der Waals surface area contributed by atoms with E-state index in [9.17, 15) is 24.3 Å². The highest BCUT2D eigenvalue weighted by molar-refractivity contribution is 6.00. The van der Waals surface area contributed by atoms with Gasteiger partial charge in [-0.3, -0.25) is 19.2 Å². The Balaban J connectivity index is 2.75. The standard InChI is InChI=1S/C18H26N8O5/c1-10(23-15(28)8-22-26-20)16(29)24-11(2)17(30)25-13-4-3-12(9-27)14(7-13)18(31)21-6-5-19/h3-4,7,10-11,27H,5-6,8-9,19H2,1-2H3,(H,21,31)(H,23,28)(H,24,29)(H,25,30)/t10-,11-/m0/s1. The normalized spacial score (nSPS) is 12.0. The van der Waals surface area contributed by atoms with Gasteiger partial charge in [-0.2, -0.15) is 0 Å². The van der Waals surface area contributed by atoms with Crippen LogP contribution in [-0.2, 0) is 21.0 Å². The van der Waals surface area contributed by atoms with Gasteiger partial charge in [-0.05, 0) is 37.1 Å². The van der Waals surface area contributed by atoms with Gasteiger partial charge >= 0.3 is 0 Å². The summed E-state index contributed by atoms with van der Waals surface area (Å²) in [6.07, 6.45) is 0. The van der Waals surface area contributed by atoms with Crippen molar-refractivity contribution in [2.75, 3.05) is 25.0 Å². The highest BCUT2D eigenvalue weighted by atomic mass is 16.3. The molecule has 1 aromatic rings. The number of carbonyl (C=O) groups is 4. The maximum atomic E-state index is 12.4. The van der Waals surface area contributed by atoms with Crippen LogP contribution in [0.1, 0.15) is 29.8 Å². The predicted molar refractivity (Wildman–Crippen MR) is 112 cm³/mol. The zero-order valence-electron chi connectivity index (χ0n) is 17.2. The van der Waals surface area contributed by atoms with Crippen molar-refractivity contribution in [1.82, 2.24) is 16.0 Å². The quantitative estimate of drug-likeness (QED) is 0.148. The number of aliphatic hydroxyl groups is 1. The Hall–Kier alpha value is -3.67. The van der Waals surface area contributed by atoms with E-state index < -0.39 is 42.3 Å². The van der Waals surface area contributed by atoms with E-state index in [0.29, 0.717) is 5.56 Å². The summed E-state index contributed by atoms with van der Waals surface area (Å²) in [5, 5.41) is 22.5. The van der Waals surface area contributed by atoms with Crippen LogP contribution in [0.2, 0.25) is 0 Å². The average molecular weight is 434 g/mol. The lowest BCUT2D eigenvalue weighted by atomic mass is 10.1. The van der Waals surface area contributed by atoms with Crippen molar-refractivity contribution in [3.63, 3.8) is 0 Å². The number of amides is 4. The second-order valence-corrected chi connectivity index (χ2v) is 6.47. The van der Waals surface area contributed by atoms with E-state index in [0.717, 1.165) is 0 Å². The summed E-state index contributed by atoms with van der Waals surface area (Å²) >= 11 is 0. The molecule has 0 unspecified atom stereocenters. The zero-order valence-corrected chi connectivity index (χ0v) is 17.2. The van der Waals surface area contributed by atoms with Crippen molar-refractivity contribution < 1.29 is 24.3 Å². The fourth-order valence-corrected chi connectivity index (χ4v) is 2.39. The van der Waals surface area contributed by atoms with Crippen LogP contribution in [0.5, 0.6) is 0 Å². The molecular weight excluding hydrogens is 408 g/mol. The third-order valence-corrected chi connectivity index (χ3v) is 4.02. The number of rotatable bonds is 11. The molecule has 1 rings (SSSR count). The number of hydrogen-bond donors (Lipinski definition) is 6. The molecule has 0 saturated carbocycles. The minimum absolute atomic E-state index is 0.182. The van der Waals surface area contributed by atoms with Crippen LogP contribution < -0.4 is 27.0 Å². The van der Waals surface area contributed by atoms with E-state index in [1.165, 1.54) is 32.0 Å². The number of hydrogen-bond acceptors (Lipinski definition) is 7. The second kappa shape index (κ2) is 12.8. The minimum atomic E-state index is -0.962. The summed E-state index contributed by atoms with van der Waals surface area (Å²) in [5.74, 6) is -2.26. The third-order valence-electron chi connectivity index (χ3n) is 4.02. The number of nitrogens with zero attached hydrogens (tertiary/aromatic N) is 3. The van der Waals surface area contributed by atoms with Gasteiger partial charge in [0.1, 0.15) is 18.6 Å². The molecule has 168 valence electrons. The minimum Gasteiger partial charge on any atom is -0.392 e. The number of nitrogens with one attached hydrogen (secondary N) is 4. The summed E-state index contributed by atoms with van der Waals surface area (Å²) in [6, 6.07) is 2.49.